The van der Waals surface area contributed by atoms with E-state index in [9.17, 15) is 0 Å². The summed E-state index contributed by atoms with van der Waals surface area (Å²) < 4.78 is 12.4. The van der Waals surface area contributed by atoms with Gasteiger partial charge in [0.25, 0.3) is 0 Å². The van der Waals surface area contributed by atoms with E-state index in [2.05, 4.69) is 45.1 Å². The van der Waals surface area contributed by atoms with Gasteiger partial charge in [-0.25, -0.2) is 0 Å². The molecule has 0 aromatic carbocycles. The van der Waals surface area contributed by atoms with E-state index in [1.165, 1.54) is 161 Å². The summed E-state index contributed by atoms with van der Waals surface area (Å²) in [6.07, 6.45) is 43.3. The molecule has 0 aliphatic rings. The van der Waals surface area contributed by atoms with Crippen molar-refractivity contribution < 1.29 is 9.47 Å². The van der Waals surface area contributed by atoms with E-state index in [1.807, 2.05) is 0 Å². The molecule has 0 aromatic rings. The average Bonchev–Trinajstić information content (AvgIpc) is 2.93. The van der Waals surface area contributed by atoms with Gasteiger partial charge in [0.15, 0.2) is 6.29 Å². The fraction of sp³-hybridized carbons (Fsp3) is 0.889. The van der Waals surface area contributed by atoms with Crippen LogP contribution in [-0.2, 0) is 9.47 Å². The molecule has 226 valence electrons. The lowest BCUT2D eigenvalue weighted by Crippen LogP contribution is -2.19. The van der Waals surface area contributed by atoms with E-state index in [4.69, 9.17) is 9.47 Å². The highest BCUT2D eigenvalue weighted by Gasteiger charge is 2.09. The molecule has 0 radical (unpaired) electrons. The number of hydrogen-bond donors (Lipinski definition) is 0. The minimum Gasteiger partial charge on any atom is -0.353 e. The highest BCUT2D eigenvalue weighted by molar-refractivity contribution is 4.88. The molecule has 0 rings (SSSR count). The van der Waals surface area contributed by atoms with Gasteiger partial charge in [0.05, 0.1) is 0 Å². The zero-order chi connectivity index (χ0) is 27.6. The van der Waals surface area contributed by atoms with Crippen LogP contribution in [0.2, 0.25) is 0 Å². The predicted octanol–water partition coefficient (Wildman–Crippen LogP) is 12.7. The average molecular weight is 535 g/mol. The Bertz CT molecular complexity index is 448. The summed E-state index contributed by atoms with van der Waals surface area (Å²) >= 11 is 0. The van der Waals surface area contributed by atoms with E-state index in [-0.39, 0.29) is 6.29 Å². The monoisotopic (exact) mass is 535 g/mol. The van der Waals surface area contributed by atoms with Crippen molar-refractivity contribution in [3.8, 4) is 0 Å². The van der Waals surface area contributed by atoms with Crippen molar-refractivity contribution in [2.45, 2.75) is 194 Å². The summed E-state index contributed by atoms with van der Waals surface area (Å²) in [6, 6.07) is 0. The maximum absolute atomic E-state index is 6.22. The third-order valence-corrected chi connectivity index (χ3v) is 7.47. The molecule has 0 aliphatic heterocycles. The molecule has 0 bridgehead atoms. The minimum atomic E-state index is 0.0131. The molecule has 0 unspecified atom stereocenters. The largest absolute Gasteiger partial charge is 0.353 e. The Balaban J connectivity index is 3.95. The van der Waals surface area contributed by atoms with E-state index in [0.29, 0.717) is 0 Å². The van der Waals surface area contributed by atoms with E-state index >= 15 is 0 Å². The van der Waals surface area contributed by atoms with E-state index < -0.39 is 0 Å². The summed E-state index contributed by atoms with van der Waals surface area (Å²) in [7, 11) is 0. The Morgan fingerprint density at radius 1 is 0.368 bits per heavy atom. The Morgan fingerprint density at radius 3 is 1.21 bits per heavy atom. The summed E-state index contributed by atoms with van der Waals surface area (Å²) in [5.41, 5.74) is 0. The molecule has 0 saturated heterocycles. The third kappa shape index (κ3) is 31.6. The van der Waals surface area contributed by atoms with Crippen LogP contribution < -0.4 is 0 Å². The Morgan fingerprint density at radius 2 is 0.737 bits per heavy atom. The molecule has 38 heavy (non-hydrogen) atoms. The second-order valence-electron chi connectivity index (χ2n) is 11.4. The lowest BCUT2D eigenvalue weighted by Gasteiger charge is -2.19. The smallest absolute Gasteiger partial charge is 0.157 e. The number of allylic oxidation sites excluding steroid dienone is 4. The van der Waals surface area contributed by atoms with Crippen molar-refractivity contribution in [2.24, 2.45) is 0 Å². The third-order valence-electron chi connectivity index (χ3n) is 7.47. The zero-order valence-corrected chi connectivity index (χ0v) is 26.5. The first-order valence-electron chi connectivity index (χ1n) is 17.4. The quantitative estimate of drug-likeness (QED) is 0.0485. The fourth-order valence-electron chi connectivity index (χ4n) is 4.85. The Hall–Kier alpha value is -0.600. The van der Waals surface area contributed by atoms with Crippen LogP contribution in [0.5, 0.6) is 0 Å². The molecule has 0 heterocycles. The van der Waals surface area contributed by atoms with Gasteiger partial charge in [-0.2, -0.15) is 0 Å². The van der Waals surface area contributed by atoms with Crippen LogP contribution in [0.15, 0.2) is 24.3 Å². The van der Waals surface area contributed by atoms with Crippen LogP contribution in [0.25, 0.3) is 0 Å². The first-order chi connectivity index (χ1) is 18.8. The van der Waals surface area contributed by atoms with Gasteiger partial charge >= 0.3 is 0 Å². The van der Waals surface area contributed by atoms with E-state index in [0.717, 1.165) is 19.6 Å². The first-order valence-corrected chi connectivity index (χ1v) is 17.4. The van der Waals surface area contributed by atoms with E-state index in [1.54, 1.807) is 0 Å². The first kappa shape index (κ1) is 37.4. The predicted molar refractivity (Wildman–Crippen MR) is 171 cm³/mol. The summed E-state index contributed by atoms with van der Waals surface area (Å²) in [5.74, 6) is 0. The van der Waals surface area contributed by atoms with Gasteiger partial charge in [0.1, 0.15) is 0 Å². The number of unbranched alkanes of at least 4 members (excludes halogenated alkanes) is 20. The number of hydrogen-bond acceptors (Lipinski definition) is 2. The molecule has 0 fully saturated rings. The van der Waals surface area contributed by atoms with Crippen molar-refractivity contribution in [3.63, 3.8) is 0 Å². The highest BCUT2D eigenvalue weighted by atomic mass is 16.7. The van der Waals surface area contributed by atoms with Crippen molar-refractivity contribution >= 4 is 0 Å². The standard InChI is InChI=1S/C36H70O2/c1-4-7-10-13-16-19-20-21-22-23-24-27-30-33-36(37-34-31-28-25-17-14-11-8-5-2)38-35-32-29-26-18-15-12-9-6-3/h13,16,21-22,36H,4-12,14-15,17-20,23-35H2,1-3H3/b16-13-,22-21-. The molecule has 0 aromatic heterocycles. The SMILES string of the molecule is CCCC/C=C\CC/C=C\CCCCCC(OCCCCCCCCCC)OCCCCCCCCCC. The Labute approximate surface area is 240 Å². The topological polar surface area (TPSA) is 18.5 Å². The maximum atomic E-state index is 6.22. The van der Waals surface area contributed by atoms with Gasteiger partial charge in [0, 0.05) is 13.2 Å². The highest BCUT2D eigenvalue weighted by Crippen LogP contribution is 2.14. The Kier molecular flexibility index (Phi) is 33.9. The van der Waals surface area contributed by atoms with Gasteiger partial charge in [-0.15, -0.1) is 0 Å². The summed E-state index contributed by atoms with van der Waals surface area (Å²) in [4.78, 5) is 0. The molecule has 2 nitrogen and oxygen atoms in total. The van der Waals surface area contributed by atoms with Crippen molar-refractivity contribution in [1.29, 1.82) is 0 Å². The molecule has 0 saturated carbocycles. The second-order valence-corrected chi connectivity index (χ2v) is 11.4. The van der Waals surface area contributed by atoms with Crippen LogP contribution in [-0.4, -0.2) is 19.5 Å². The van der Waals surface area contributed by atoms with Gasteiger partial charge in [0.2, 0.25) is 0 Å². The van der Waals surface area contributed by atoms with Crippen molar-refractivity contribution in [3.05, 3.63) is 24.3 Å². The van der Waals surface area contributed by atoms with Crippen LogP contribution in [0, 0.1) is 0 Å². The fourth-order valence-corrected chi connectivity index (χ4v) is 4.85. The molecule has 0 amide bonds. The number of rotatable bonds is 32. The molecule has 0 atom stereocenters. The molecular formula is C36H70O2. The molecule has 2 heteroatoms. The van der Waals surface area contributed by atoms with Crippen LogP contribution in [0.1, 0.15) is 188 Å². The second kappa shape index (κ2) is 34.4. The van der Waals surface area contributed by atoms with Crippen molar-refractivity contribution in [1.82, 2.24) is 0 Å². The summed E-state index contributed by atoms with van der Waals surface area (Å²) in [5, 5.41) is 0. The van der Waals surface area contributed by atoms with Crippen molar-refractivity contribution in [2.75, 3.05) is 13.2 Å². The summed E-state index contributed by atoms with van der Waals surface area (Å²) in [6.45, 7) is 8.57. The zero-order valence-electron chi connectivity index (χ0n) is 26.5. The van der Waals surface area contributed by atoms with Gasteiger partial charge in [-0.1, -0.05) is 154 Å². The molecule has 0 N–H and O–H groups in total. The molecule has 0 aliphatic carbocycles. The van der Waals surface area contributed by atoms with Gasteiger partial charge in [-0.05, 0) is 57.8 Å². The van der Waals surface area contributed by atoms with Gasteiger partial charge in [-0.3, -0.25) is 0 Å². The van der Waals surface area contributed by atoms with Gasteiger partial charge < -0.3 is 9.47 Å². The lowest BCUT2D eigenvalue weighted by molar-refractivity contribution is -0.148. The molecular weight excluding hydrogens is 464 g/mol. The maximum Gasteiger partial charge on any atom is 0.157 e. The van der Waals surface area contributed by atoms with Crippen LogP contribution in [0.3, 0.4) is 0 Å². The molecule has 0 spiro atoms. The van der Waals surface area contributed by atoms with Crippen LogP contribution >= 0.6 is 0 Å². The minimum absolute atomic E-state index is 0.0131. The normalized spacial score (nSPS) is 12.1. The van der Waals surface area contributed by atoms with Crippen LogP contribution in [0.4, 0.5) is 0 Å². The lowest BCUT2D eigenvalue weighted by atomic mass is 10.1. The number of ether oxygens (including phenoxy) is 2.